The molecule has 1 N–H and O–H groups in total. The maximum Gasteiger partial charge on any atom is 0.367 e. The normalized spacial score (nSPS) is 11.4. The molecule has 0 aliphatic rings. The Balaban J connectivity index is 2.71. The predicted molar refractivity (Wildman–Crippen MR) is 68.4 cm³/mol. The minimum atomic E-state index is -0.523. The Bertz CT molecular complexity index is 476. The van der Waals surface area contributed by atoms with Gasteiger partial charge in [0.15, 0.2) is 0 Å². The fourth-order valence-electron chi connectivity index (χ4n) is 1.16. The zero-order valence-electron chi connectivity index (χ0n) is 10.2. The van der Waals surface area contributed by atoms with E-state index >= 15 is 0 Å². The summed E-state index contributed by atoms with van der Waals surface area (Å²) >= 11 is 1.07. The largest absolute Gasteiger partial charge is 0.461 e. The second-order valence-corrected chi connectivity index (χ2v) is 4.22. The van der Waals surface area contributed by atoms with E-state index in [2.05, 4.69) is 16.2 Å². The maximum atomic E-state index is 11.8. The second-order valence-electron chi connectivity index (χ2n) is 3.36. The Morgan fingerprint density at radius 2 is 2.33 bits per heavy atom. The lowest BCUT2D eigenvalue weighted by Crippen LogP contribution is -2.33. The van der Waals surface area contributed by atoms with Gasteiger partial charge < -0.3 is 10.1 Å². The Morgan fingerprint density at radius 1 is 1.61 bits per heavy atom. The van der Waals surface area contributed by atoms with Crippen molar-refractivity contribution in [3.05, 3.63) is 16.1 Å². The van der Waals surface area contributed by atoms with E-state index in [4.69, 9.17) is 11.2 Å². The molecule has 0 aliphatic heterocycles. The molecule has 0 aliphatic carbocycles. The molecule has 96 valence electrons. The van der Waals surface area contributed by atoms with Crippen LogP contribution in [0.5, 0.6) is 0 Å². The number of rotatable bonds is 5. The van der Waals surface area contributed by atoms with Crippen LogP contribution in [-0.4, -0.2) is 29.5 Å². The van der Waals surface area contributed by atoms with Crippen molar-refractivity contribution in [2.75, 3.05) is 6.61 Å². The van der Waals surface area contributed by atoms with Crippen molar-refractivity contribution in [1.82, 2.24) is 10.3 Å². The average Bonchev–Trinajstić information content (AvgIpc) is 2.85. The molecule has 0 saturated carbocycles. The van der Waals surface area contributed by atoms with Crippen molar-refractivity contribution in [3.63, 3.8) is 0 Å². The molecule has 1 aromatic rings. The molecule has 0 radical (unpaired) electrons. The third kappa shape index (κ3) is 3.57. The highest BCUT2D eigenvalue weighted by atomic mass is 32.1. The molecule has 1 rings (SSSR count). The number of hydrogen-bond donors (Lipinski definition) is 1. The van der Waals surface area contributed by atoms with Crippen LogP contribution in [0.25, 0.3) is 0 Å². The fourth-order valence-corrected chi connectivity index (χ4v) is 1.85. The Hall–Kier alpha value is -1.87. The molecule has 0 aromatic carbocycles. The number of thiazole rings is 1. The van der Waals surface area contributed by atoms with E-state index in [0.717, 1.165) is 11.3 Å². The SMILES string of the molecule is C#CC(CC)NC(=O)c1csc(C(=O)OCC)n1. The van der Waals surface area contributed by atoms with Gasteiger partial charge in [0.1, 0.15) is 5.69 Å². The molecular formula is C12H14N2O3S. The molecule has 1 heterocycles. The summed E-state index contributed by atoms with van der Waals surface area (Å²) in [6, 6.07) is -0.328. The number of aromatic nitrogens is 1. The minimum absolute atomic E-state index is 0.163. The molecular weight excluding hydrogens is 252 g/mol. The van der Waals surface area contributed by atoms with Gasteiger partial charge in [0, 0.05) is 5.38 Å². The van der Waals surface area contributed by atoms with Gasteiger partial charge in [-0.25, -0.2) is 9.78 Å². The van der Waals surface area contributed by atoms with Crippen LogP contribution in [-0.2, 0) is 4.74 Å². The van der Waals surface area contributed by atoms with Crippen molar-refractivity contribution in [3.8, 4) is 12.3 Å². The molecule has 1 unspecified atom stereocenters. The number of esters is 1. The number of hydrogen-bond acceptors (Lipinski definition) is 5. The third-order valence-corrected chi connectivity index (χ3v) is 2.92. The predicted octanol–water partition coefficient (Wildman–Crippen LogP) is 1.46. The highest BCUT2D eigenvalue weighted by Crippen LogP contribution is 2.11. The lowest BCUT2D eigenvalue weighted by atomic mass is 10.2. The molecule has 6 heteroatoms. The lowest BCUT2D eigenvalue weighted by Gasteiger charge is -2.08. The molecule has 5 nitrogen and oxygen atoms in total. The number of nitrogens with zero attached hydrogens (tertiary/aromatic N) is 1. The quantitative estimate of drug-likeness (QED) is 0.647. The summed E-state index contributed by atoms with van der Waals surface area (Å²) in [4.78, 5) is 27.0. The summed E-state index contributed by atoms with van der Waals surface area (Å²) in [5, 5.41) is 4.30. The molecule has 0 fully saturated rings. The van der Waals surface area contributed by atoms with Crippen LogP contribution >= 0.6 is 11.3 Å². The Kier molecular flexibility index (Phi) is 5.33. The highest BCUT2D eigenvalue weighted by Gasteiger charge is 2.17. The Labute approximate surface area is 110 Å². The van der Waals surface area contributed by atoms with E-state index in [0.29, 0.717) is 6.42 Å². The van der Waals surface area contributed by atoms with Crippen LogP contribution in [0.15, 0.2) is 5.38 Å². The standard InChI is InChI=1S/C12H14N2O3S/c1-4-8(5-2)13-10(15)9-7-18-11(14-9)12(16)17-6-3/h1,7-8H,5-6H2,2-3H3,(H,13,15). The van der Waals surface area contributed by atoms with Crippen LogP contribution in [0.2, 0.25) is 0 Å². The molecule has 1 aromatic heterocycles. The molecule has 0 saturated heterocycles. The van der Waals surface area contributed by atoms with Gasteiger partial charge in [-0.3, -0.25) is 4.79 Å². The monoisotopic (exact) mass is 266 g/mol. The zero-order valence-corrected chi connectivity index (χ0v) is 11.0. The van der Waals surface area contributed by atoms with Crippen LogP contribution in [0.1, 0.15) is 40.6 Å². The van der Waals surface area contributed by atoms with Crippen molar-refractivity contribution >= 4 is 23.2 Å². The number of carbonyl (C=O) groups is 2. The summed E-state index contributed by atoms with van der Waals surface area (Å²) in [5.41, 5.74) is 0.178. The van der Waals surface area contributed by atoms with Crippen molar-refractivity contribution in [2.45, 2.75) is 26.3 Å². The van der Waals surface area contributed by atoms with E-state index in [1.807, 2.05) is 6.92 Å². The van der Waals surface area contributed by atoms with Crippen LogP contribution in [0.3, 0.4) is 0 Å². The summed E-state index contributed by atoms with van der Waals surface area (Å²) in [6.45, 7) is 3.85. The number of carbonyl (C=O) groups excluding carboxylic acids is 2. The van der Waals surface area contributed by atoms with Gasteiger partial charge in [-0.05, 0) is 13.3 Å². The van der Waals surface area contributed by atoms with Gasteiger partial charge in [-0.1, -0.05) is 12.8 Å². The van der Waals surface area contributed by atoms with Crippen LogP contribution in [0.4, 0.5) is 0 Å². The lowest BCUT2D eigenvalue weighted by molar-refractivity contribution is 0.0526. The highest BCUT2D eigenvalue weighted by molar-refractivity contribution is 7.11. The van der Waals surface area contributed by atoms with Gasteiger partial charge >= 0.3 is 5.97 Å². The Morgan fingerprint density at radius 3 is 2.89 bits per heavy atom. The summed E-state index contributed by atoms with van der Waals surface area (Å²) < 4.78 is 4.79. The number of nitrogens with one attached hydrogen (secondary N) is 1. The maximum absolute atomic E-state index is 11.8. The first kappa shape index (κ1) is 14.2. The van der Waals surface area contributed by atoms with Crippen molar-refractivity contribution in [2.24, 2.45) is 0 Å². The van der Waals surface area contributed by atoms with E-state index in [-0.39, 0.29) is 29.3 Å². The molecule has 0 bridgehead atoms. The van der Waals surface area contributed by atoms with E-state index in [9.17, 15) is 9.59 Å². The third-order valence-electron chi connectivity index (χ3n) is 2.10. The van der Waals surface area contributed by atoms with Crippen LogP contribution < -0.4 is 5.32 Å². The topological polar surface area (TPSA) is 68.3 Å². The average molecular weight is 266 g/mol. The van der Waals surface area contributed by atoms with Gasteiger partial charge in [0.2, 0.25) is 5.01 Å². The number of amides is 1. The van der Waals surface area contributed by atoms with Gasteiger partial charge in [0.05, 0.1) is 12.6 Å². The van der Waals surface area contributed by atoms with E-state index < -0.39 is 5.97 Å². The first-order chi connectivity index (χ1) is 8.62. The molecule has 18 heavy (non-hydrogen) atoms. The number of terminal acetylenes is 1. The molecule has 1 amide bonds. The minimum Gasteiger partial charge on any atom is -0.461 e. The first-order valence-electron chi connectivity index (χ1n) is 5.52. The molecule has 0 spiro atoms. The van der Waals surface area contributed by atoms with Gasteiger partial charge in [-0.2, -0.15) is 0 Å². The van der Waals surface area contributed by atoms with E-state index in [1.165, 1.54) is 5.38 Å². The smallest absolute Gasteiger partial charge is 0.367 e. The van der Waals surface area contributed by atoms with Crippen LogP contribution in [0, 0.1) is 12.3 Å². The summed E-state index contributed by atoms with van der Waals surface area (Å²) in [6.07, 6.45) is 5.88. The summed E-state index contributed by atoms with van der Waals surface area (Å²) in [7, 11) is 0. The van der Waals surface area contributed by atoms with Gasteiger partial charge in [-0.15, -0.1) is 17.8 Å². The van der Waals surface area contributed by atoms with Crippen molar-refractivity contribution in [1.29, 1.82) is 0 Å². The van der Waals surface area contributed by atoms with E-state index in [1.54, 1.807) is 6.92 Å². The molecule has 1 atom stereocenters. The number of ether oxygens (including phenoxy) is 1. The zero-order chi connectivity index (χ0) is 13.5. The van der Waals surface area contributed by atoms with Gasteiger partial charge in [0.25, 0.3) is 5.91 Å². The first-order valence-corrected chi connectivity index (χ1v) is 6.39. The second kappa shape index (κ2) is 6.77. The van der Waals surface area contributed by atoms with Crippen molar-refractivity contribution < 1.29 is 14.3 Å². The fraction of sp³-hybridized carbons (Fsp3) is 0.417. The summed E-state index contributed by atoms with van der Waals surface area (Å²) in [5.74, 6) is 1.55.